The number of hydrogen-bond donors (Lipinski definition) is 0. The van der Waals surface area contributed by atoms with Gasteiger partial charge in [0.15, 0.2) is 0 Å². The minimum atomic E-state index is -0.487. The Morgan fingerprint density at radius 2 is 2.16 bits per heavy atom. The molecular formula is C15H17FN2O. The van der Waals surface area contributed by atoms with Gasteiger partial charge in [-0.2, -0.15) is 5.26 Å². The highest BCUT2D eigenvalue weighted by molar-refractivity contribution is 6.05. The third-order valence-electron chi connectivity index (χ3n) is 2.79. The zero-order valence-electron chi connectivity index (χ0n) is 11.2. The van der Waals surface area contributed by atoms with Crippen molar-refractivity contribution in [3.05, 3.63) is 41.7 Å². The average Bonchev–Trinajstić information content (AvgIpc) is 2.43. The minimum absolute atomic E-state index is 0.158. The minimum Gasteiger partial charge on any atom is -0.307 e. The molecule has 0 aliphatic rings. The highest BCUT2D eigenvalue weighted by Gasteiger charge is 2.20. The van der Waals surface area contributed by atoms with Gasteiger partial charge in [-0.25, -0.2) is 4.39 Å². The number of anilines is 1. The van der Waals surface area contributed by atoms with E-state index < -0.39 is 5.82 Å². The van der Waals surface area contributed by atoms with E-state index in [2.05, 4.69) is 6.58 Å². The van der Waals surface area contributed by atoms with Crippen LogP contribution in [0.1, 0.15) is 32.3 Å². The molecule has 1 aromatic carbocycles. The predicted molar refractivity (Wildman–Crippen MR) is 73.2 cm³/mol. The van der Waals surface area contributed by atoms with Crippen molar-refractivity contribution >= 4 is 11.6 Å². The van der Waals surface area contributed by atoms with E-state index in [9.17, 15) is 9.18 Å². The van der Waals surface area contributed by atoms with Crippen molar-refractivity contribution in [2.45, 2.75) is 26.7 Å². The van der Waals surface area contributed by atoms with Crippen LogP contribution in [0.25, 0.3) is 0 Å². The van der Waals surface area contributed by atoms with Gasteiger partial charge < -0.3 is 4.90 Å². The summed E-state index contributed by atoms with van der Waals surface area (Å²) in [5, 5.41) is 9.06. The summed E-state index contributed by atoms with van der Waals surface area (Å²) in [7, 11) is 0. The summed E-state index contributed by atoms with van der Waals surface area (Å²) in [4.78, 5) is 13.7. The number of hydrogen-bond acceptors (Lipinski definition) is 2. The standard InChI is InChI=1S/C15H17FN2O/c1-4-8-18(15(19)11(3)5-2)14-7-6-13(16)9-12(14)10-17/h6-7,9H,3-5,8H2,1-2H3. The van der Waals surface area contributed by atoms with E-state index in [-0.39, 0.29) is 11.5 Å². The summed E-state index contributed by atoms with van der Waals surface area (Å²) >= 11 is 0. The number of halogens is 1. The molecular weight excluding hydrogens is 243 g/mol. The van der Waals surface area contributed by atoms with Gasteiger partial charge in [0.05, 0.1) is 11.3 Å². The van der Waals surface area contributed by atoms with Crippen molar-refractivity contribution in [1.29, 1.82) is 5.26 Å². The summed E-state index contributed by atoms with van der Waals surface area (Å²) in [5.41, 5.74) is 1.07. The molecule has 0 N–H and O–H groups in total. The Morgan fingerprint density at radius 3 is 2.68 bits per heavy atom. The first kappa shape index (κ1) is 14.9. The molecule has 0 aliphatic heterocycles. The lowest BCUT2D eigenvalue weighted by Crippen LogP contribution is -2.33. The van der Waals surface area contributed by atoms with Gasteiger partial charge in [-0.15, -0.1) is 0 Å². The van der Waals surface area contributed by atoms with Crippen molar-refractivity contribution in [3.8, 4) is 6.07 Å². The number of carbonyl (C=O) groups is 1. The molecule has 0 saturated heterocycles. The van der Waals surface area contributed by atoms with Crippen LogP contribution >= 0.6 is 0 Å². The van der Waals surface area contributed by atoms with E-state index in [0.717, 1.165) is 12.5 Å². The second-order valence-corrected chi connectivity index (χ2v) is 4.19. The number of carbonyl (C=O) groups excluding carboxylic acids is 1. The Kier molecular flexibility index (Phi) is 5.25. The highest BCUT2D eigenvalue weighted by atomic mass is 19.1. The van der Waals surface area contributed by atoms with Crippen molar-refractivity contribution in [2.75, 3.05) is 11.4 Å². The lowest BCUT2D eigenvalue weighted by atomic mass is 10.1. The van der Waals surface area contributed by atoms with E-state index in [0.29, 0.717) is 24.2 Å². The van der Waals surface area contributed by atoms with Gasteiger partial charge in [0.1, 0.15) is 11.9 Å². The zero-order valence-corrected chi connectivity index (χ0v) is 11.2. The van der Waals surface area contributed by atoms with Crippen LogP contribution in [-0.2, 0) is 4.79 Å². The number of rotatable bonds is 5. The van der Waals surface area contributed by atoms with Crippen LogP contribution in [0.2, 0.25) is 0 Å². The number of nitrogens with zero attached hydrogens (tertiary/aromatic N) is 2. The van der Waals surface area contributed by atoms with Crippen LogP contribution in [0.5, 0.6) is 0 Å². The fourth-order valence-corrected chi connectivity index (χ4v) is 1.73. The fourth-order valence-electron chi connectivity index (χ4n) is 1.73. The van der Waals surface area contributed by atoms with Gasteiger partial charge in [0, 0.05) is 12.1 Å². The van der Waals surface area contributed by atoms with Gasteiger partial charge in [-0.05, 0) is 31.0 Å². The van der Waals surface area contributed by atoms with Crippen LogP contribution in [0, 0.1) is 17.1 Å². The largest absolute Gasteiger partial charge is 0.307 e. The molecule has 0 spiro atoms. The Morgan fingerprint density at radius 1 is 1.47 bits per heavy atom. The number of nitriles is 1. The molecule has 1 rings (SSSR count). The fraction of sp³-hybridized carbons (Fsp3) is 0.333. The van der Waals surface area contributed by atoms with Gasteiger partial charge in [-0.3, -0.25) is 4.79 Å². The van der Waals surface area contributed by atoms with Crippen molar-refractivity contribution in [3.63, 3.8) is 0 Å². The average molecular weight is 260 g/mol. The van der Waals surface area contributed by atoms with E-state index in [4.69, 9.17) is 5.26 Å². The summed E-state index contributed by atoms with van der Waals surface area (Å²) < 4.78 is 13.1. The molecule has 0 radical (unpaired) electrons. The smallest absolute Gasteiger partial charge is 0.253 e. The topological polar surface area (TPSA) is 44.1 Å². The van der Waals surface area contributed by atoms with Crippen LogP contribution in [-0.4, -0.2) is 12.5 Å². The molecule has 0 heterocycles. The second-order valence-electron chi connectivity index (χ2n) is 4.19. The van der Waals surface area contributed by atoms with Crippen LogP contribution in [0.3, 0.4) is 0 Å². The zero-order chi connectivity index (χ0) is 14.4. The maximum absolute atomic E-state index is 13.1. The van der Waals surface area contributed by atoms with E-state index >= 15 is 0 Å². The highest BCUT2D eigenvalue weighted by Crippen LogP contribution is 2.23. The second kappa shape index (κ2) is 6.69. The maximum atomic E-state index is 13.1. The van der Waals surface area contributed by atoms with Gasteiger partial charge in [-0.1, -0.05) is 20.4 Å². The molecule has 0 bridgehead atoms. The third-order valence-corrected chi connectivity index (χ3v) is 2.79. The van der Waals surface area contributed by atoms with Crippen molar-refractivity contribution in [1.82, 2.24) is 0 Å². The summed E-state index contributed by atoms with van der Waals surface area (Å²) in [5.74, 6) is -0.703. The SMILES string of the molecule is C=C(CC)C(=O)N(CCC)c1ccc(F)cc1C#N. The molecule has 0 aliphatic carbocycles. The van der Waals surface area contributed by atoms with E-state index in [1.807, 2.05) is 19.9 Å². The van der Waals surface area contributed by atoms with E-state index in [1.54, 1.807) is 0 Å². The Bertz CT molecular complexity index is 531. The molecule has 0 fully saturated rings. The van der Waals surface area contributed by atoms with Crippen molar-refractivity contribution in [2.24, 2.45) is 0 Å². The predicted octanol–water partition coefficient (Wildman–Crippen LogP) is 3.41. The summed E-state index contributed by atoms with van der Waals surface area (Å²) in [6, 6.07) is 5.78. The molecule has 0 aromatic heterocycles. The van der Waals surface area contributed by atoms with Gasteiger partial charge >= 0.3 is 0 Å². The van der Waals surface area contributed by atoms with Gasteiger partial charge in [0.25, 0.3) is 5.91 Å². The molecule has 19 heavy (non-hydrogen) atoms. The monoisotopic (exact) mass is 260 g/mol. The molecule has 1 amide bonds. The molecule has 4 heteroatoms. The van der Waals surface area contributed by atoms with E-state index in [1.165, 1.54) is 17.0 Å². The normalized spacial score (nSPS) is 9.79. The Hall–Kier alpha value is -2.15. The first-order chi connectivity index (χ1) is 9.04. The van der Waals surface area contributed by atoms with Crippen molar-refractivity contribution < 1.29 is 9.18 Å². The van der Waals surface area contributed by atoms with Crippen LogP contribution in [0.15, 0.2) is 30.4 Å². The number of amides is 1. The summed E-state index contributed by atoms with van der Waals surface area (Å²) in [6.45, 7) is 7.98. The molecule has 0 unspecified atom stereocenters. The molecule has 100 valence electrons. The van der Waals surface area contributed by atoms with Crippen LogP contribution < -0.4 is 4.90 Å². The number of benzene rings is 1. The Balaban J connectivity index is 3.23. The maximum Gasteiger partial charge on any atom is 0.253 e. The third kappa shape index (κ3) is 3.41. The first-order valence-electron chi connectivity index (χ1n) is 6.24. The first-order valence-corrected chi connectivity index (χ1v) is 6.24. The lowest BCUT2D eigenvalue weighted by molar-refractivity contribution is -0.115. The quantitative estimate of drug-likeness (QED) is 0.761. The van der Waals surface area contributed by atoms with Crippen LogP contribution in [0.4, 0.5) is 10.1 Å². The molecule has 1 aromatic rings. The Labute approximate surface area is 113 Å². The molecule has 3 nitrogen and oxygen atoms in total. The molecule has 0 atom stereocenters. The summed E-state index contributed by atoms with van der Waals surface area (Å²) in [6.07, 6.45) is 1.28. The molecule has 0 saturated carbocycles. The van der Waals surface area contributed by atoms with Gasteiger partial charge in [0.2, 0.25) is 0 Å². The lowest BCUT2D eigenvalue weighted by Gasteiger charge is -2.24.